The van der Waals surface area contributed by atoms with Crippen molar-refractivity contribution in [2.45, 2.75) is 19.9 Å². The van der Waals surface area contributed by atoms with Gasteiger partial charge in [-0.3, -0.25) is 15.2 Å². The lowest BCUT2D eigenvalue weighted by molar-refractivity contribution is -0.131. The van der Waals surface area contributed by atoms with Crippen LogP contribution in [0, 0.1) is 5.41 Å². The lowest BCUT2D eigenvalue weighted by Gasteiger charge is -2.26. The second-order valence-corrected chi connectivity index (χ2v) is 11.4. The summed E-state index contributed by atoms with van der Waals surface area (Å²) >= 11 is 0. The Bertz CT molecular complexity index is 1660. The van der Waals surface area contributed by atoms with E-state index in [0.717, 1.165) is 66.0 Å². The molecule has 1 aliphatic heterocycles. The van der Waals surface area contributed by atoms with Crippen molar-refractivity contribution in [1.82, 2.24) is 4.98 Å². The largest absolute Gasteiger partial charge is 0.412 e. The minimum Gasteiger partial charge on any atom is -0.384 e. The number of carbonyl (C=O) groups excluding carboxylic acids is 1. The number of hydrogen-bond acceptors (Lipinski definition) is 8. The molecular formula is C30H32N6O4S. The van der Waals surface area contributed by atoms with Crippen LogP contribution in [-0.2, 0) is 25.8 Å². The Morgan fingerprint density at radius 1 is 0.902 bits per heavy atom. The van der Waals surface area contributed by atoms with Gasteiger partial charge in [0, 0.05) is 62.4 Å². The molecule has 41 heavy (non-hydrogen) atoms. The predicted molar refractivity (Wildman–Crippen MR) is 162 cm³/mol. The van der Waals surface area contributed by atoms with Gasteiger partial charge in [0.15, 0.2) is 0 Å². The maximum Gasteiger partial charge on any atom is 0.412 e. The lowest BCUT2D eigenvalue weighted by Crippen LogP contribution is -2.33. The van der Waals surface area contributed by atoms with E-state index in [1.165, 1.54) is 0 Å². The summed E-state index contributed by atoms with van der Waals surface area (Å²) in [6.07, 6.45) is 4.57. The van der Waals surface area contributed by atoms with Gasteiger partial charge in [0.1, 0.15) is 5.84 Å². The maximum atomic E-state index is 13.2. The number of aromatic nitrogens is 1. The zero-order valence-electron chi connectivity index (χ0n) is 22.7. The first-order valence-corrected chi connectivity index (χ1v) is 14.7. The fourth-order valence-electron chi connectivity index (χ4n) is 5.04. The molecular weight excluding hydrogens is 540 g/mol. The summed E-state index contributed by atoms with van der Waals surface area (Å²) in [6, 6.07) is 22.3. The van der Waals surface area contributed by atoms with Crippen LogP contribution in [0.2, 0.25) is 0 Å². The van der Waals surface area contributed by atoms with E-state index in [9.17, 15) is 13.2 Å². The molecule has 0 aliphatic carbocycles. The number of nitrogens with zero attached hydrogens (tertiary/aromatic N) is 4. The van der Waals surface area contributed by atoms with Gasteiger partial charge in [-0.15, -0.1) is 0 Å². The highest BCUT2D eigenvalue weighted by atomic mass is 32.2. The molecule has 3 N–H and O–H groups in total. The van der Waals surface area contributed by atoms with Crippen LogP contribution in [0.15, 0.2) is 85.2 Å². The van der Waals surface area contributed by atoms with Crippen LogP contribution < -0.4 is 19.8 Å². The fraction of sp³-hybridized carbons (Fsp3) is 0.233. The van der Waals surface area contributed by atoms with E-state index in [2.05, 4.69) is 14.8 Å². The molecule has 0 bridgehead atoms. The van der Waals surface area contributed by atoms with Crippen molar-refractivity contribution in [3.63, 3.8) is 0 Å². The van der Waals surface area contributed by atoms with Gasteiger partial charge in [-0.2, -0.15) is 8.42 Å². The summed E-state index contributed by atoms with van der Waals surface area (Å²) < 4.78 is 32.2. The molecule has 1 aliphatic rings. The van der Waals surface area contributed by atoms with Crippen molar-refractivity contribution in [3.05, 3.63) is 96.3 Å². The van der Waals surface area contributed by atoms with Gasteiger partial charge in [-0.05, 0) is 71.3 Å². The molecule has 3 aromatic carbocycles. The molecule has 4 aromatic rings. The third kappa shape index (κ3) is 6.58. The van der Waals surface area contributed by atoms with Gasteiger partial charge in [-0.1, -0.05) is 24.3 Å². The molecule has 0 radical (unpaired) electrons. The zero-order valence-corrected chi connectivity index (χ0v) is 23.5. The average molecular weight is 573 g/mol. The van der Waals surface area contributed by atoms with Crippen molar-refractivity contribution in [2.75, 3.05) is 40.3 Å². The quantitative estimate of drug-likeness (QED) is 0.239. The Kier molecular flexibility index (Phi) is 8.06. The van der Waals surface area contributed by atoms with Crippen molar-refractivity contribution in [3.8, 4) is 0 Å². The number of carbonyl (C=O) groups is 1. The first kappa shape index (κ1) is 27.9. The minimum atomic E-state index is -4.42. The number of amidine groups is 1. The molecule has 0 amide bonds. The number of anilines is 3. The van der Waals surface area contributed by atoms with E-state index in [0.29, 0.717) is 16.8 Å². The van der Waals surface area contributed by atoms with Crippen LogP contribution in [0.4, 0.5) is 17.1 Å². The Hall–Kier alpha value is -4.64. The Morgan fingerprint density at radius 3 is 2.17 bits per heavy atom. The van der Waals surface area contributed by atoms with Crippen LogP contribution in [0.25, 0.3) is 10.8 Å². The van der Waals surface area contributed by atoms with E-state index in [1.807, 2.05) is 48.5 Å². The standard InChI is InChI=1S/C30H32N6O4S/c1-22(37)40-41(38,39)36(21-23-3-4-24-5-6-25(30(31)32)20-26(24)19-23)29-9-7-27(8-10-29)34-15-2-16-35(18-17-34)28-11-13-33-14-12-28/h3-14,19-20H,2,15-18,21H2,1H3,(H3,31,32). The number of benzene rings is 3. The monoisotopic (exact) mass is 572 g/mol. The SMILES string of the molecule is CC(=O)OS(=O)(=O)N(Cc1ccc2ccc(C(=N)N)cc2c1)c1ccc(N2CCCN(c3ccncc3)CC2)cc1. The topological polar surface area (TPSA) is 133 Å². The van der Waals surface area contributed by atoms with Crippen LogP contribution in [-0.4, -0.2) is 51.4 Å². The summed E-state index contributed by atoms with van der Waals surface area (Å²) in [4.78, 5) is 20.4. The molecule has 5 rings (SSSR count). The van der Waals surface area contributed by atoms with Gasteiger partial charge >= 0.3 is 16.3 Å². The molecule has 10 nitrogen and oxygen atoms in total. The molecule has 0 spiro atoms. The summed E-state index contributed by atoms with van der Waals surface area (Å²) in [6.45, 7) is 4.48. The number of rotatable bonds is 8. The van der Waals surface area contributed by atoms with Crippen LogP contribution in [0.1, 0.15) is 24.5 Å². The van der Waals surface area contributed by atoms with Gasteiger partial charge in [-0.25, -0.2) is 4.31 Å². The van der Waals surface area contributed by atoms with Crippen LogP contribution in [0.3, 0.4) is 0 Å². The molecule has 1 saturated heterocycles. The Balaban J connectivity index is 1.39. The predicted octanol–water partition coefficient (Wildman–Crippen LogP) is 4.05. The summed E-state index contributed by atoms with van der Waals surface area (Å²) in [5.41, 5.74) is 9.42. The molecule has 0 unspecified atom stereocenters. The Labute approximate surface area is 239 Å². The first-order valence-electron chi connectivity index (χ1n) is 13.3. The van der Waals surface area contributed by atoms with Gasteiger partial charge in [0.05, 0.1) is 12.2 Å². The number of hydrogen-bond donors (Lipinski definition) is 2. The normalized spacial score (nSPS) is 14.0. The number of nitrogens with one attached hydrogen (secondary N) is 1. The Morgan fingerprint density at radius 2 is 1.54 bits per heavy atom. The third-order valence-corrected chi connectivity index (χ3v) is 8.39. The summed E-state index contributed by atoms with van der Waals surface area (Å²) in [5.74, 6) is -0.967. The fourth-order valence-corrected chi connectivity index (χ4v) is 6.11. The van der Waals surface area contributed by atoms with E-state index in [4.69, 9.17) is 15.3 Å². The summed E-state index contributed by atoms with van der Waals surface area (Å²) in [7, 11) is -4.42. The van der Waals surface area contributed by atoms with E-state index < -0.39 is 16.3 Å². The number of pyridine rings is 1. The maximum absolute atomic E-state index is 13.2. The van der Waals surface area contributed by atoms with Crippen molar-refractivity contribution in [2.24, 2.45) is 5.73 Å². The van der Waals surface area contributed by atoms with Crippen molar-refractivity contribution in [1.29, 1.82) is 5.41 Å². The van der Waals surface area contributed by atoms with Crippen LogP contribution in [0.5, 0.6) is 0 Å². The first-order chi connectivity index (χ1) is 19.7. The third-order valence-electron chi connectivity index (χ3n) is 7.06. The van der Waals surface area contributed by atoms with E-state index >= 15 is 0 Å². The average Bonchev–Trinajstić information content (AvgIpc) is 3.22. The smallest absolute Gasteiger partial charge is 0.384 e. The number of fused-ring (bicyclic) bond motifs is 1. The molecule has 0 saturated carbocycles. The van der Waals surface area contributed by atoms with E-state index in [1.54, 1.807) is 36.7 Å². The second kappa shape index (κ2) is 11.8. The number of nitrogens with two attached hydrogens (primary N) is 1. The molecule has 2 heterocycles. The van der Waals surface area contributed by atoms with E-state index in [-0.39, 0.29) is 12.4 Å². The number of nitrogen functional groups attached to an aromatic ring is 1. The molecule has 212 valence electrons. The molecule has 11 heteroatoms. The highest BCUT2D eigenvalue weighted by Crippen LogP contribution is 2.28. The van der Waals surface area contributed by atoms with Gasteiger partial charge in [0.2, 0.25) is 0 Å². The van der Waals surface area contributed by atoms with Crippen LogP contribution >= 0.6 is 0 Å². The highest BCUT2D eigenvalue weighted by Gasteiger charge is 2.27. The molecule has 1 fully saturated rings. The second-order valence-electron chi connectivity index (χ2n) is 9.90. The van der Waals surface area contributed by atoms with Gasteiger partial charge in [0.25, 0.3) is 0 Å². The minimum absolute atomic E-state index is 0.0501. The van der Waals surface area contributed by atoms with Crippen molar-refractivity contribution >= 4 is 49.9 Å². The lowest BCUT2D eigenvalue weighted by atomic mass is 10.0. The summed E-state index contributed by atoms with van der Waals surface area (Å²) in [5, 5.41) is 9.47. The van der Waals surface area contributed by atoms with Gasteiger partial charge < -0.3 is 19.7 Å². The highest BCUT2D eigenvalue weighted by molar-refractivity contribution is 7.88. The van der Waals surface area contributed by atoms with Crippen molar-refractivity contribution < 1.29 is 17.4 Å². The molecule has 1 aromatic heterocycles. The molecule has 0 atom stereocenters. The zero-order chi connectivity index (χ0) is 29.0.